The van der Waals surface area contributed by atoms with Crippen molar-refractivity contribution >= 4 is 38.4 Å². The number of pyridine rings is 1. The van der Waals surface area contributed by atoms with Crippen LogP contribution in [0.3, 0.4) is 0 Å². The van der Waals surface area contributed by atoms with Crippen LogP contribution >= 0.6 is 0 Å². The number of ether oxygens (including phenoxy) is 1. The summed E-state index contributed by atoms with van der Waals surface area (Å²) < 4.78 is 32.9. The average Bonchev–Trinajstić information content (AvgIpc) is 2.79. The van der Waals surface area contributed by atoms with Gasteiger partial charge < -0.3 is 10.1 Å². The van der Waals surface area contributed by atoms with Crippen LogP contribution in [-0.2, 0) is 14.8 Å². The van der Waals surface area contributed by atoms with Crippen LogP contribution in [0, 0.1) is 0 Å². The zero-order valence-corrected chi connectivity index (χ0v) is 19.1. The van der Waals surface area contributed by atoms with Gasteiger partial charge in [0.05, 0.1) is 22.6 Å². The van der Waals surface area contributed by atoms with Gasteiger partial charge in [0, 0.05) is 23.7 Å². The number of piperidine rings is 1. The number of nitrogens with zero attached hydrogens (tertiary/aromatic N) is 2. The van der Waals surface area contributed by atoms with Gasteiger partial charge in [0.25, 0.3) is 0 Å². The Morgan fingerprint density at radius 1 is 1.16 bits per heavy atom. The molecule has 2 aromatic carbocycles. The summed E-state index contributed by atoms with van der Waals surface area (Å²) in [6.45, 7) is 4.61. The molecule has 0 bridgehead atoms. The van der Waals surface area contributed by atoms with Gasteiger partial charge in [0.2, 0.25) is 10.0 Å². The van der Waals surface area contributed by atoms with Gasteiger partial charge in [-0.1, -0.05) is 12.5 Å². The highest BCUT2D eigenvalue weighted by Crippen LogP contribution is 2.28. The number of rotatable bonds is 6. The molecule has 32 heavy (non-hydrogen) atoms. The zero-order chi connectivity index (χ0) is 22.7. The molecule has 1 saturated heterocycles. The summed E-state index contributed by atoms with van der Waals surface area (Å²) in [5.74, 6) is 0.221. The molecule has 0 spiro atoms. The number of anilines is 2. The molecule has 0 saturated carbocycles. The van der Waals surface area contributed by atoms with Gasteiger partial charge in [-0.05, 0) is 75.2 Å². The van der Waals surface area contributed by atoms with E-state index in [1.165, 1.54) is 0 Å². The second kappa shape index (κ2) is 9.26. The number of hydrogen-bond donors (Lipinski definition) is 1. The number of aromatic nitrogens is 1. The van der Waals surface area contributed by atoms with Crippen molar-refractivity contribution < 1.29 is 17.9 Å². The van der Waals surface area contributed by atoms with Gasteiger partial charge in [-0.3, -0.25) is 0 Å². The molecular formula is C24H27N3O4S. The van der Waals surface area contributed by atoms with Gasteiger partial charge in [0.15, 0.2) is 0 Å². The minimum atomic E-state index is -3.53. The number of hydrogen-bond acceptors (Lipinski definition) is 6. The molecule has 8 heteroatoms. The fourth-order valence-electron chi connectivity index (χ4n) is 3.98. The van der Waals surface area contributed by atoms with Crippen LogP contribution in [0.4, 0.5) is 11.5 Å². The third-order valence-corrected chi connectivity index (χ3v) is 7.66. The Balaban J connectivity index is 1.57. The van der Waals surface area contributed by atoms with Crippen LogP contribution in [0.25, 0.3) is 10.9 Å². The first-order valence-electron chi connectivity index (χ1n) is 10.9. The first-order valence-corrected chi connectivity index (χ1v) is 12.3. The Bertz CT molecular complexity index is 1240. The topological polar surface area (TPSA) is 88.6 Å². The fraction of sp³-hybridized carbons (Fsp3) is 0.333. The van der Waals surface area contributed by atoms with E-state index in [0.29, 0.717) is 40.6 Å². The smallest absolute Gasteiger partial charge is 0.338 e. The summed E-state index contributed by atoms with van der Waals surface area (Å²) in [7, 11) is -3.53. The predicted molar refractivity (Wildman–Crippen MR) is 125 cm³/mol. The number of carbonyl (C=O) groups is 1. The van der Waals surface area contributed by atoms with E-state index in [4.69, 9.17) is 4.74 Å². The van der Waals surface area contributed by atoms with E-state index in [0.717, 1.165) is 24.6 Å². The molecule has 1 fully saturated rings. The minimum Gasteiger partial charge on any atom is -0.462 e. The highest BCUT2D eigenvalue weighted by Gasteiger charge is 2.31. The van der Waals surface area contributed by atoms with Crippen LogP contribution in [0.1, 0.15) is 43.5 Å². The number of nitrogens with one attached hydrogen (secondary N) is 1. The Kier molecular flexibility index (Phi) is 6.43. The molecule has 7 nitrogen and oxygen atoms in total. The molecule has 1 aliphatic heterocycles. The monoisotopic (exact) mass is 453 g/mol. The molecular weight excluding hydrogens is 426 g/mol. The Morgan fingerprint density at radius 3 is 2.78 bits per heavy atom. The lowest BCUT2D eigenvalue weighted by molar-refractivity contribution is 0.0526. The summed E-state index contributed by atoms with van der Waals surface area (Å²) in [6, 6.07) is 15.7. The minimum absolute atomic E-state index is 0.0134. The fourth-order valence-corrected chi connectivity index (χ4v) is 5.72. The number of sulfonamides is 1. The van der Waals surface area contributed by atoms with Crippen LogP contribution in [0.5, 0.6) is 0 Å². The maximum atomic E-state index is 13.1. The summed E-state index contributed by atoms with van der Waals surface area (Å²) in [6.07, 6.45) is 2.85. The van der Waals surface area contributed by atoms with E-state index in [9.17, 15) is 13.2 Å². The summed E-state index contributed by atoms with van der Waals surface area (Å²) >= 11 is 0. The van der Waals surface area contributed by atoms with Crippen molar-refractivity contribution in [2.45, 2.75) is 44.0 Å². The van der Waals surface area contributed by atoms with Crippen LogP contribution in [0.2, 0.25) is 0 Å². The SMILES string of the molecule is CCOC(=O)c1cccc(Nc2ccc3cc(S(=O)(=O)N4CCCC[C@H]4C)ccc3n2)c1. The summed E-state index contributed by atoms with van der Waals surface area (Å²) in [5, 5.41) is 3.94. The molecule has 0 unspecified atom stereocenters. The zero-order valence-electron chi connectivity index (χ0n) is 18.2. The van der Waals surface area contributed by atoms with Crippen molar-refractivity contribution in [2.75, 3.05) is 18.5 Å². The molecule has 168 valence electrons. The van der Waals surface area contributed by atoms with Crippen molar-refractivity contribution in [3.05, 3.63) is 60.2 Å². The van der Waals surface area contributed by atoms with Crippen molar-refractivity contribution in [3.8, 4) is 0 Å². The Hall–Kier alpha value is -2.97. The lowest BCUT2D eigenvalue weighted by Gasteiger charge is -2.32. The number of carbonyl (C=O) groups excluding carboxylic acids is 1. The van der Waals surface area contributed by atoms with Gasteiger partial charge in [-0.2, -0.15) is 4.31 Å². The van der Waals surface area contributed by atoms with E-state index in [1.54, 1.807) is 53.7 Å². The van der Waals surface area contributed by atoms with Crippen molar-refractivity contribution in [3.63, 3.8) is 0 Å². The van der Waals surface area contributed by atoms with Gasteiger partial charge in [-0.25, -0.2) is 18.2 Å². The molecule has 3 aromatic rings. The molecule has 1 aliphatic rings. The van der Waals surface area contributed by atoms with Gasteiger partial charge in [0.1, 0.15) is 5.82 Å². The van der Waals surface area contributed by atoms with E-state index in [2.05, 4.69) is 10.3 Å². The molecule has 0 radical (unpaired) electrons. The maximum Gasteiger partial charge on any atom is 0.338 e. The standard InChI is InChI=1S/C24H27N3O4S/c1-3-31-24(28)19-8-6-9-20(15-19)25-23-13-10-18-16-21(11-12-22(18)26-23)32(29,30)27-14-5-4-7-17(27)2/h6,8-13,15-17H,3-5,7,14H2,1-2H3,(H,25,26)/t17-/m1/s1. The van der Waals surface area contributed by atoms with E-state index in [1.807, 2.05) is 19.1 Å². The predicted octanol–water partition coefficient (Wildman–Crippen LogP) is 4.72. The van der Waals surface area contributed by atoms with Gasteiger partial charge in [-0.15, -0.1) is 0 Å². The molecule has 2 heterocycles. The van der Waals surface area contributed by atoms with Crippen molar-refractivity contribution in [2.24, 2.45) is 0 Å². The highest BCUT2D eigenvalue weighted by atomic mass is 32.2. The van der Waals surface area contributed by atoms with E-state index in [-0.39, 0.29) is 12.0 Å². The first-order chi connectivity index (χ1) is 15.4. The van der Waals surface area contributed by atoms with Crippen LogP contribution in [-0.4, -0.2) is 42.9 Å². The Labute approximate surface area is 188 Å². The average molecular weight is 454 g/mol. The summed E-state index contributed by atoms with van der Waals surface area (Å²) in [5.41, 5.74) is 1.85. The largest absolute Gasteiger partial charge is 0.462 e. The second-order valence-electron chi connectivity index (χ2n) is 7.94. The van der Waals surface area contributed by atoms with Crippen molar-refractivity contribution in [1.82, 2.24) is 9.29 Å². The van der Waals surface area contributed by atoms with Crippen LogP contribution in [0.15, 0.2) is 59.5 Å². The molecule has 4 rings (SSSR count). The normalized spacial score (nSPS) is 17.2. The number of fused-ring (bicyclic) bond motifs is 1. The van der Waals surface area contributed by atoms with E-state index < -0.39 is 10.0 Å². The van der Waals surface area contributed by atoms with Crippen molar-refractivity contribution in [1.29, 1.82) is 0 Å². The third kappa shape index (κ3) is 4.61. The summed E-state index contributed by atoms with van der Waals surface area (Å²) in [4.78, 5) is 16.8. The molecule has 0 amide bonds. The quantitative estimate of drug-likeness (QED) is 0.544. The molecule has 1 aromatic heterocycles. The molecule has 0 aliphatic carbocycles. The maximum absolute atomic E-state index is 13.1. The third-order valence-electron chi connectivity index (χ3n) is 5.66. The van der Waals surface area contributed by atoms with Gasteiger partial charge >= 0.3 is 5.97 Å². The Morgan fingerprint density at radius 2 is 2.00 bits per heavy atom. The molecule has 1 atom stereocenters. The second-order valence-corrected chi connectivity index (χ2v) is 9.83. The number of benzene rings is 2. The van der Waals surface area contributed by atoms with E-state index >= 15 is 0 Å². The lowest BCUT2D eigenvalue weighted by Crippen LogP contribution is -2.41. The lowest BCUT2D eigenvalue weighted by atomic mass is 10.1. The van der Waals surface area contributed by atoms with Crippen LogP contribution < -0.4 is 5.32 Å². The first kappa shape index (κ1) is 22.2. The molecule has 1 N–H and O–H groups in total. The number of esters is 1. The highest BCUT2D eigenvalue weighted by molar-refractivity contribution is 7.89.